The number of ether oxygens (including phenoxy) is 4. The second-order valence-electron chi connectivity index (χ2n) is 9.34. The summed E-state index contributed by atoms with van der Waals surface area (Å²) in [6.45, 7) is 3.83. The van der Waals surface area contributed by atoms with Crippen LogP contribution in [0.1, 0.15) is 45.7 Å². The third-order valence-electron chi connectivity index (χ3n) is 6.48. The Labute approximate surface area is 257 Å². The second-order valence-corrected chi connectivity index (χ2v) is 11.0. The van der Waals surface area contributed by atoms with Crippen molar-refractivity contribution in [1.29, 1.82) is 0 Å². The SMILES string of the molecule is COc1ccccc1C(=O)Oc1c(Cl)cc(C(C)(C)c2cc(Cl)c(OC(=O)c3ccccc3OC)c(Cl)c2)cc1Cl. The maximum absolute atomic E-state index is 12.8. The third-order valence-corrected chi connectivity index (χ3v) is 7.61. The van der Waals surface area contributed by atoms with Crippen LogP contribution >= 0.6 is 46.4 Å². The maximum atomic E-state index is 12.8. The van der Waals surface area contributed by atoms with Gasteiger partial charge in [-0.25, -0.2) is 9.59 Å². The van der Waals surface area contributed by atoms with Crippen molar-refractivity contribution in [2.45, 2.75) is 19.3 Å². The molecule has 41 heavy (non-hydrogen) atoms. The average Bonchev–Trinajstić information content (AvgIpc) is 2.96. The van der Waals surface area contributed by atoms with Crippen LogP contribution < -0.4 is 18.9 Å². The van der Waals surface area contributed by atoms with Gasteiger partial charge in [-0.3, -0.25) is 0 Å². The number of halogens is 4. The average molecular weight is 634 g/mol. The number of benzene rings is 4. The van der Waals surface area contributed by atoms with Gasteiger partial charge in [0.2, 0.25) is 0 Å². The number of methoxy groups -OCH3 is 2. The molecule has 0 bridgehead atoms. The van der Waals surface area contributed by atoms with Gasteiger partial charge in [-0.05, 0) is 59.7 Å². The number of carbonyl (C=O) groups is 2. The van der Waals surface area contributed by atoms with Crippen molar-refractivity contribution in [3.05, 3.63) is 115 Å². The highest BCUT2D eigenvalue weighted by atomic mass is 35.5. The Morgan fingerprint density at radius 1 is 0.585 bits per heavy atom. The van der Waals surface area contributed by atoms with Crippen molar-refractivity contribution >= 4 is 58.3 Å². The molecule has 0 saturated carbocycles. The van der Waals surface area contributed by atoms with Crippen molar-refractivity contribution in [1.82, 2.24) is 0 Å². The van der Waals surface area contributed by atoms with E-state index in [1.54, 1.807) is 72.8 Å². The molecule has 4 aromatic carbocycles. The van der Waals surface area contributed by atoms with E-state index in [9.17, 15) is 9.59 Å². The van der Waals surface area contributed by atoms with E-state index in [0.29, 0.717) is 22.6 Å². The molecule has 0 aromatic heterocycles. The Hall–Kier alpha value is -3.42. The molecule has 0 spiro atoms. The van der Waals surface area contributed by atoms with Crippen LogP contribution in [0.2, 0.25) is 20.1 Å². The molecule has 212 valence electrons. The lowest BCUT2D eigenvalue weighted by Crippen LogP contribution is -2.20. The third kappa shape index (κ3) is 6.41. The summed E-state index contributed by atoms with van der Waals surface area (Å²) in [6, 6.07) is 19.9. The molecule has 0 heterocycles. The smallest absolute Gasteiger partial charge is 0.347 e. The fourth-order valence-electron chi connectivity index (χ4n) is 4.13. The van der Waals surface area contributed by atoms with Crippen molar-refractivity contribution in [3.63, 3.8) is 0 Å². The van der Waals surface area contributed by atoms with E-state index in [1.807, 2.05) is 13.8 Å². The lowest BCUT2D eigenvalue weighted by molar-refractivity contribution is 0.0721. The van der Waals surface area contributed by atoms with E-state index in [1.165, 1.54) is 14.2 Å². The van der Waals surface area contributed by atoms with E-state index in [0.717, 1.165) is 0 Å². The van der Waals surface area contributed by atoms with Crippen molar-refractivity contribution in [2.24, 2.45) is 0 Å². The number of para-hydroxylation sites is 2. The number of hydrogen-bond acceptors (Lipinski definition) is 6. The van der Waals surface area contributed by atoms with Crippen molar-refractivity contribution in [3.8, 4) is 23.0 Å². The first kappa shape index (κ1) is 30.5. The van der Waals surface area contributed by atoms with E-state index in [-0.39, 0.29) is 42.7 Å². The molecule has 0 unspecified atom stereocenters. The van der Waals surface area contributed by atoms with Crippen LogP contribution in [-0.2, 0) is 5.41 Å². The van der Waals surface area contributed by atoms with E-state index < -0.39 is 17.4 Å². The Kier molecular flexibility index (Phi) is 9.40. The van der Waals surface area contributed by atoms with Crippen molar-refractivity contribution < 1.29 is 28.5 Å². The van der Waals surface area contributed by atoms with Gasteiger partial charge in [-0.15, -0.1) is 0 Å². The van der Waals surface area contributed by atoms with Gasteiger partial charge in [0.15, 0.2) is 11.5 Å². The monoisotopic (exact) mass is 632 g/mol. The maximum Gasteiger partial charge on any atom is 0.347 e. The molecule has 10 heteroatoms. The zero-order valence-electron chi connectivity index (χ0n) is 22.4. The highest BCUT2D eigenvalue weighted by molar-refractivity contribution is 6.38. The molecule has 0 amide bonds. The Morgan fingerprint density at radius 3 is 1.22 bits per heavy atom. The first-order chi connectivity index (χ1) is 19.5. The number of hydrogen-bond donors (Lipinski definition) is 0. The van der Waals surface area contributed by atoms with E-state index in [2.05, 4.69) is 0 Å². The summed E-state index contributed by atoms with van der Waals surface area (Å²) in [4.78, 5) is 25.6. The molecule has 0 aliphatic heterocycles. The minimum Gasteiger partial charge on any atom is -0.496 e. The molecule has 0 aliphatic rings. The second kappa shape index (κ2) is 12.6. The van der Waals surface area contributed by atoms with Gasteiger partial charge in [0.25, 0.3) is 0 Å². The lowest BCUT2D eigenvalue weighted by atomic mass is 9.78. The normalized spacial score (nSPS) is 11.1. The van der Waals surface area contributed by atoms with Crippen LogP contribution in [0.4, 0.5) is 0 Å². The molecule has 0 saturated heterocycles. The summed E-state index contributed by atoms with van der Waals surface area (Å²) in [5.74, 6) is -0.608. The molecular weight excluding hydrogens is 610 g/mol. The van der Waals surface area contributed by atoms with E-state index in [4.69, 9.17) is 65.4 Å². The Balaban J connectivity index is 1.62. The largest absolute Gasteiger partial charge is 0.496 e. The zero-order valence-corrected chi connectivity index (χ0v) is 25.4. The Bertz CT molecular complexity index is 1470. The lowest BCUT2D eigenvalue weighted by Gasteiger charge is -2.28. The van der Waals surface area contributed by atoms with Gasteiger partial charge in [0, 0.05) is 5.41 Å². The number of esters is 2. The minimum atomic E-state index is -0.725. The molecule has 6 nitrogen and oxygen atoms in total. The van der Waals surface area contributed by atoms with Crippen molar-refractivity contribution in [2.75, 3.05) is 14.2 Å². The standard InChI is InChI=1S/C31H24Cl4O6/c1-31(2,17-13-21(32)27(22(33)14-17)40-29(36)19-9-5-7-11-25(19)38-3)18-15-23(34)28(24(35)16-18)41-30(37)20-10-6-8-12-26(20)39-4/h5-16H,1-4H3. The summed E-state index contributed by atoms with van der Waals surface area (Å²) in [5, 5.41) is 0.513. The van der Waals surface area contributed by atoms with Gasteiger partial charge < -0.3 is 18.9 Å². The molecule has 4 aromatic rings. The highest BCUT2D eigenvalue weighted by Gasteiger charge is 2.29. The quantitative estimate of drug-likeness (QED) is 0.142. The van der Waals surface area contributed by atoms with Gasteiger partial charge in [0.1, 0.15) is 22.6 Å². The Morgan fingerprint density at radius 2 is 0.902 bits per heavy atom. The summed E-state index contributed by atoms with van der Waals surface area (Å²) < 4.78 is 21.6. The predicted octanol–water partition coefficient (Wildman–Crippen LogP) is 9.08. The van der Waals surface area contributed by atoms with Gasteiger partial charge in [0.05, 0.1) is 34.3 Å². The fourth-order valence-corrected chi connectivity index (χ4v) is 5.25. The number of carbonyl (C=O) groups excluding carboxylic acids is 2. The fraction of sp³-hybridized carbons (Fsp3) is 0.161. The van der Waals surface area contributed by atoms with Crippen LogP contribution in [-0.4, -0.2) is 26.2 Å². The number of rotatable bonds is 8. The van der Waals surface area contributed by atoms with Gasteiger partial charge in [-0.1, -0.05) is 84.5 Å². The molecule has 0 fully saturated rings. The molecule has 0 aliphatic carbocycles. The van der Waals surface area contributed by atoms with Crippen LogP contribution in [0.25, 0.3) is 0 Å². The minimum absolute atomic E-state index is 0.0125. The molecule has 0 N–H and O–H groups in total. The predicted molar refractivity (Wildman–Crippen MR) is 161 cm³/mol. The molecule has 0 atom stereocenters. The van der Waals surface area contributed by atoms with Crippen LogP contribution in [0.5, 0.6) is 23.0 Å². The van der Waals surface area contributed by atoms with Crippen LogP contribution in [0.15, 0.2) is 72.8 Å². The van der Waals surface area contributed by atoms with Crippen LogP contribution in [0.3, 0.4) is 0 Å². The zero-order chi connectivity index (χ0) is 29.9. The summed E-state index contributed by atoms with van der Waals surface area (Å²) in [5.41, 5.74) is 1.10. The summed E-state index contributed by atoms with van der Waals surface area (Å²) >= 11 is 26.2. The van der Waals surface area contributed by atoms with Crippen LogP contribution in [0, 0.1) is 0 Å². The molecule has 0 radical (unpaired) electrons. The van der Waals surface area contributed by atoms with E-state index >= 15 is 0 Å². The van der Waals surface area contributed by atoms with Gasteiger partial charge >= 0.3 is 11.9 Å². The first-order valence-electron chi connectivity index (χ1n) is 12.2. The summed E-state index contributed by atoms with van der Waals surface area (Å²) in [6.07, 6.45) is 0. The summed E-state index contributed by atoms with van der Waals surface area (Å²) in [7, 11) is 2.91. The van der Waals surface area contributed by atoms with Gasteiger partial charge in [-0.2, -0.15) is 0 Å². The topological polar surface area (TPSA) is 71.1 Å². The first-order valence-corrected chi connectivity index (χ1v) is 13.7. The highest BCUT2D eigenvalue weighted by Crippen LogP contribution is 2.44. The molecular formula is C31H24Cl4O6. The molecule has 4 rings (SSSR count).